The number of carboxylic acids is 1. The number of carbonyl (C=O) groups is 8. The maximum absolute atomic E-state index is 15.5. The van der Waals surface area contributed by atoms with E-state index in [1.54, 1.807) is 154 Å². The second-order valence-corrected chi connectivity index (χ2v) is 29.0. The van der Waals surface area contributed by atoms with Crippen molar-refractivity contribution in [2.45, 2.75) is 104 Å². The first kappa shape index (κ1) is 84.2. The monoisotopic (exact) mass is 1630 g/mol. The van der Waals surface area contributed by atoms with E-state index in [4.69, 9.17) is 33.0 Å². The first-order valence-corrected chi connectivity index (χ1v) is 37.0. The fraction of sp³-hybridized carbons (Fsp3) is 0.209. The van der Waals surface area contributed by atoms with E-state index in [2.05, 4.69) is 46.5 Å². The number of nitrogens with one attached hydrogen (secondary N) is 3. The molecule has 6 aromatic heterocycles. The van der Waals surface area contributed by atoms with Gasteiger partial charge < -0.3 is 44.4 Å². The molecule has 2 fully saturated rings. The maximum Gasteiger partial charge on any atom is 0.326 e. The maximum atomic E-state index is 15.5. The number of carboxylic acid groups (broad SMARTS) is 1. The van der Waals surface area contributed by atoms with Crippen molar-refractivity contribution in [2.24, 2.45) is 0 Å². The van der Waals surface area contributed by atoms with Gasteiger partial charge in [0.2, 0.25) is 17.7 Å². The Kier molecular flexibility index (Phi) is 26.9. The van der Waals surface area contributed by atoms with Gasteiger partial charge in [-0.3, -0.25) is 38.4 Å². The zero-order valence-electron chi connectivity index (χ0n) is 63.2. The van der Waals surface area contributed by atoms with Crippen molar-refractivity contribution in [2.75, 3.05) is 23.7 Å². The molecule has 2 saturated heterocycles. The summed E-state index contributed by atoms with van der Waals surface area (Å²) in [5, 5.41) is 42.7. The van der Waals surface area contributed by atoms with Crippen LogP contribution < -0.4 is 16.0 Å². The molecule has 116 heavy (non-hydrogen) atoms. The summed E-state index contributed by atoms with van der Waals surface area (Å²) in [6, 6.07) is 43.4. The number of aliphatic carboxylic acids is 1. The number of hydrogen-bond donors (Lipinski definition) is 4. The summed E-state index contributed by atoms with van der Waals surface area (Å²) < 4.78 is 68.4. The fourth-order valence-electron chi connectivity index (χ4n) is 13.6. The quantitative estimate of drug-likeness (QED) is 0.0352. The Morgan fingerprint density at radius 2 is 0.905 bits per heavy atom. The minimum Gasteiger partial charge on any atom is -0.480 e. The molecule has 8 heterocycles. The Bertz CT molecular complexity index is 5870. The Morgan fingerprint density at radius 1 is 0.500 bits per heavy atom. The predicted molar refractivity (Wildman–Crippen MR) is 437 cm³/mol. The van der Waals surface area contributed by atoms with Gasteiger partial charge in [-0.1, -0.05) is 102 Å². The summed E-state index contributed by atoms with van der Waals surface area (Å²) in [7, 11) is 0. The van der Waals surface area contributed by atoms with Gasteiger partial charge >= 0.3 is 11.9 Å². The van der Waals surface area contributed by atoms with Crippen molar-refractivity contribution in [3.05, 3.63) is 252 Å². The molecule has 0 bridgehead atoms. The number of likely N-dealkylation sites (tertiary alicyclic amines) is 1. The first-order valence-electron chi connectivity index (χ1n) is 36.2. The molecule has 0 radical (unpaired) electrons. The van der Waals surface area contributed by atoms with Gasteiger partial charge in [-0.2, -0.15) is 30.6 Å². The van der Waals surface area contributed by atoms with E-state index in [0.29, 0.717) is 54.3 Å². The average Bonchev–Trinajstić information content (AvgIpc) is 1.63. The molecule has 0 aliphatic carbocycles. The molecule has 0 unspecified atom stereocenters. The summed E-state index contributed by atoms with van der Waals surface area (Å²) in [6.07, 6.45) is 12.0. The summed E-state index contributed by atoms with van der Waals surface area (Å²) >= 11 is 12.4. The number of nitrogens with zero attached hydrogens (tertiary/aromatic N) is 10. The fourth-order valence-corrected chi connectivity index (χ4v) is 14.1. The van der Waals surface area contributed by atoms with E-state index < -0.39 is 65.4 Å². The van der Waals surface area contributed by atoms with E-state index >= 15 is 4.39 Å². The van der Waals surface area contributed by atoms with Crippen molar-refractivity contribution >= 4 is 127 Å². The lowest BCUT2D eigenvalue weighted by molar-refractivity contribution is -0.155. The topological polar surface area (TPSA) is 297 Å². The molecule has 2 aliphatic rings. The largest absolute Gasteiger partial charge is 0.480 e. The van der Waals surface area contributed by atoms with E-state index in [-0.39, 0.29) is 98.2 Å². The van der Waals surface area contributed by atoms with Crippen LogP contribution in [-0.2, 0) is 48.3 Å². The molecule has 3 amide bonds. The number of hydrogen-bond acceptors (Lipinski definition) is 16. The van der Waals surface area contributed by atoms with Crippen LogP contribution in [0.4, 0.5) is 28.9 Å². The zero-order valence-corrected chi connectivity index (χ0v) is 65.6. The van der Waals surface area contributed by atoms with Gasteiger partial charge in [-0.05, 0) is 137 Å². The Balaban J connectivity index is 0.000000159. The number of ketones is 3. The number of halogens is 7. The van der Waals surface area contributed by atoms with Crippen LogP contribution >= 0.6 is 35.6 Å². The molecular weight excluding hydrogens is 1560 g/mol. The third-order valence-electron chi connectivity index (χ3n) is 19.0. The highest BCUT2D eigenvalue weighted by Gasteiger charge is 2.41. The van der Waals surface area contributed by atoms with Crippen LogP contribution in [0.5, 0.6) is 0 Å². The number of ether oxygens (including phenoxy) is 1. The second-order valence-electron chi connectivity index (χ2n) is 28.2. The Morgan fingerprint density at radius 3 is 1.28 bits per heavy atom. The van der Waals surface area contributed by atoms with Gasteiger partial charge in [-0.15, -0.1) is 12.4 Å². The Labute approximate surface area is 678 Å². The molecule has 2 aliphatic heterocycles. The highest BCUT2D eigenvalue weighted by Crippen LogP contribution is 2.37. The van der Waals surface area contributed by atoms with Crippen molar-refractivity contribution in [1.29, 1.82) is 0 Å². The van der Waals surface area contributed by atoms with E-state index in [9.17, 15) is 51.5 Å². The number of amides is 3. The van der Waals surface area contributed by atoms with Gasteiger partial charge in [0.05, 0.1) is 61.1 Å². The predicted octanol–water partition coefficient (Wildman–Crippen LogP) is 16.6. The number of benzene rings is 7. The highest BCUT2D eigenvalue weighted by atomic mass is 35.5. The molecule has 13 aromatic rings. The van der Waals surface area contributed by atoms with Crippen molar-refractivity contribution in [1.82, 2.24) is 54.5 Å². The van der Waals surface area contributed by atoms with Gasteiger partial charge in [0.15, 0.2) is 29.0 Å². The average molecular weight is 1630 g/mol. The van der Waals surface area contributed by atoms with Crippen LogP contribution in [0.3, 0.4) is 0 Å². The molecular formula is C86H76Cl3F4N13O10. The van der Waals surface area contributed by atoms with Crippen LogP contribution in [0.1, 0.15) is 85.5 Å². The zero-order chi connectivity index (χ0) is 81.9. The minimum absolute atomic E-state index is 0. The summed E-state index contributed by atoms with van der Waals surface area (Å²) in [4.78, 5) is 99.7. The lowest BCUT2D eigenvalue weighted by atomic mass is 10.0. The number of rotatable bonds is 18. The minimum atomic E-state index is -1.43. The lowest BCUT2D eigenvalue weighted by Crippen LogP contribution is -2.44. The van der Waals surface area contributed by atoms with Crippen LogP contribution in [0, 0.1) is 11.6 Å². The lowest BCUT2D eigenvalue weighted by Gasteiger charge is -2.24. The number of alkyl halides is 2. The SMILES string of the molecule is CC(=O)c1cn(CC(=O)N2C[C@H](F)C[C@H]2C(=O)Nc2cccc(-c3ccccc3Cl)c2F)c2ccc(-c3ccnnc3)cc12.CC(=O)c1cn(CC(=O)O)c2ccc(-c3ccnnc3)cc12.CC(=O)c1cn(CC(=O)OC(C)(C)C)c2ccc(-c3ccnnc3)cc12.Cl.O=C(Nc1cccc(-c2ccccc2Cl)c1F)[C@@H]1C[C@@H](F)CN1. The molecule has 4 atom stereocenters. The Hall–Kier alpha value is -12.7. The van der Waals surface area contributed by atoms with Crippen LogP contribution in [-0.4, -0.2) is 144 Å². The van der Waals surface area contributed by atoms with Crippen molar-refractivity contribution in [3.8, 4) is 55.6 Å². The van der Waals surface area contributed by atoms with Crippen molar-refractivity contribution < 1.29 is 65.8 Å². The molecule has 15 rings (SSSR count). The van der Waals surface area contributed by atoms with Crippen molar-refractivity contribution in [3.63, 3.8) is 0 Å². The van der Waals surface area contributed by atoms with Crippen LogP contribution in [0.2, 0.25) is 10.0 Å². The summed E-state index contributed by atoms with van der Waals surface area (Å²) in [5.74, 6) is -4.54. The van der Waals surface area contributed by atoms with E-state index in [0.717, 1.165) is 55.2 Å². The van der Waals surface area contributed by atoms with E-state index in [1.165, 1.54) is 37.8 Å². The number of fused-ring (bicyclic) bond motifs is 3. The number of Topliss-reactive ketones (excluding diaryl/α,β-unsaturated/α-hetero) is 3. The molecule has 30 heteroatoms. The highest BCUT2D eigenvalue weighted by molar-refractivity contribution is 6.33. The number of anilines is 2. The molecule has 0 saturated carbocycles. The number of esters is 1. The van der Waals surface area contributed by atoms with Crippen LogP contribution in [0.15, 0.2) is 213 Å². The summed E-state index contributed by atoms with van der Waals surface area (Å²) in [6.45, 7) is 9.42. The van der Waals surface area contributed by atoms with Gasteiger partial charge in [0, 0.05) is 136 Å². The molecule has 4 N–H and O–H groups in total. The molecule has 594 valence electrons. The van der Waals surface area contributed by atoms with Gasteiger partial charge in [0.25, 0.3) is 0 Å². The second kappa shape index (κ2) is 37.1. The normalized spacial score (nSPS) is 14.9. The standard InChI is InChI=1S/C33H26ClF2N5O3.C20H21N3O3.C17H15ClF2N2O.C16H13N3O3.ClH/c1-19(42)26-17-40(29-10-9-20(13-25(26)29)21-11-12-37-38-15-21)18-31(43)41-16-22(35)14-30(41)33(44)39-28-8-4-6-24(32(28)36)23-5-2-3-7-27(23)34;1-13(24)17-11-23(12-19(25)26-20(2,3)4)18-6-5-14(9-16(17)18)15-7-8-21-22-10-15;18-13-6-2-1-4-11(13)12-5-3-7-14(16(12)20)22-17(23)15-8-10(19)9-21-15;1-10(20)14-8-19(9-16(21)22)15-3-2-11(6-13(14)15)12-4-5-17-18-7-12;/h2-13,15,17,22,30H,14,16,18H2,1H3,(H,39,44);5-11H,12H2,1-4H3;1-7,10,15,21H,8-9H2,(H,22,23);2-8H,9H2,1H3,(H,21,22);1H/t22-,30+;;10-,15+;;/m1.1../s1. The summed E-state index contributed by atoms with van der Waals surface area (Å²) in [5.41, 5.74) is 9.84. The van der Waals surface area contributed by atoms with Gasteiger partial charge in [-0.25, -0.2) is 17.6 Å². The van der Waals surface area contributed by atoms with E-state index in [1.807, 2.05) is 81.4 Å². The molecule has 23 nitrogen and oxygen atoms in total. The smallest absolute Gasteiger partial charge is 0.326 e. The third-order valence-corrected chi connectivity index (χ3v) is 19.6. The van der Waals surface area contributed by atoms with Crippen LogP contribution in [0.25, 0.3) is 88.3 Å². The molecule has 7 aromatic carbocycles. The number of carbonyl (C=O) groups excluding carboxylic acids is 7. The first-order chi connectivity index (χ1) is 55.1. The number of aromatic nitrogens is 9. The molecule has 0 spiro atoms. The van der Waals surface area contributed by atoms with Gasteiger partial charge in [0.1, 0.15) is 43.6 Å². The third kappa shape index (κ3) is 19.9.